The van der Waals surface area contributed by atoms with Gasteiger partial charge in [0.05, 0.1) is 22.0 Å². The zero-order chi connectivity index (χ0) is 24.5. The van der Waals surface area contributed by atoms with Crippen LogP contribution in [-0.2, 0) is 0 Å². The average Bonchev–Trinajstić information content (AvgIpc) is 3.70. The van der Waals surface area contributed by atoms with Crippen LogP contribution in [0.4, 0.5) is 15.8 Å². The van der Waals surface area contributed by atoms with E-state index in [0.29, 0.717) is 17.3 Å². The summed E-state index contributed by atoms with van der Waals surface area (Å²) in [6.45, 7) is 3.27. The van der Waals surface area contributed by atoms with E-state index in [0.717, 1.165) is 26.2 Å². The molecule has 1 saturated carbocycles. The Kier molecular flexibility index (Phi) is 7.73. The van der Waals surface area contributed by atoms with Crippen molar-refractivity contribution in [2.75, 3.05) is 31.5 Å². The summed E-state index contributed by atoms with van der Waals surface area (Å²) in [5.74, 6) is -1.36. The quantitative estimate of drug-likeness (QED) is 0.496. The number of anilines is 2. The van der Waals surface area contributed by atoms with E-state index in [4.69, 9.17) is 17.3 Å². The molecule has 2 aromatic carbocycles. The van der Waals surface area contributed by atoms with Gasteiger partial charge in [-0.1, -0.05) is 17.7 Å². The maximum atomic E-state index is 14.4. The van der Waals surface area contributed by atoms with Crippen LogP contribution >= 0.6 is 24.0 Å². The molecule has 2 amide bonds. The van der Waals surface area contributed by atoms with E-state index < -0.39 is 11.7 Å². The summed E-state index contributed by atoms with van der Waals surface area (Å²) < 4.78 is 14.4. The van der Waals surface area contributed by atoms with Crippen molar-refractivity contribution in [3.8, 4) is 11.3 Å². The number of nitrogens with two attached hydrogens (primary N) is 1. The number of carbonyl (C=O) groups excluding carboxylic acids is 2. The van der Waals surface area contributed by atoms with Crippen LogP contribution in [0.3, 0.4) is 0 Å². The fourth-order valence-corrected chi connectivity index (χ4v) is 4.56. The lowest BCUT2D eigenvalue weighted by Gasteiger charge is -2.34. The predicted molar refractivity (Wildman–Crippen MR) is 138 cm³/mol. The van der Waals surface area contributed by atoms with E-state index in [1.165, 1.54) is 37.1 Å². The Morgan fingerprint density at radius 3 is 2.33 bits per heavy atom. The van der Waals surface area contributed by atoms with E-state index in [1.54, 1.807) is 24.3 Å². The Hall–Kier alpha value is -3.27. The lowest BCUT2D eigenvalue weighted by molar-refractivity contribution is 0.0627. The number of aromatic nitrogens is 2. The highest BCUT2D eigenvalue weighted by Gasteiger charge is 2.32. The third kappa shape index (κ3) is 5.43. The predicted octanol–water partition coefficient (Wildman–Crippen LogP) is 4.12. The minimum Gasteiger partial charge on any atom is -0.364 e. The number of nitrogens with one attached hydrogen (secondary N) is 1. The van der Waals surface area contributed by atoms with Gasteiger partial charge in [-0.2, -0.15) is 0 Å². The molecule has 2 aliphatic rings. The number of primary amides is 1. The SMILES string of the molecule is Cl.NC(=O)c1nnc(-c2c(F)cccc2Cl)cc1Nc1ccc(C(=O)N2CCN(C3CC3)CC2)cc1. The summed E-state index contributed by atoms with van der Waals surface area (Å²) in [5.41, 5.74) is 7.01. The molecule has 1 saturated heterocycles. The first-order valence-corrected chi connectivity index (χ1v) is 11.8. The first kappa shape index (κ1) is 25.8. The summed E-state index contributed by atoms with van der Waals surface area (Å²) in [6, 6.07) is 13.4. The van der Waals surface area contributed by atoms with E-state index in [-0.39, 0.29) is 46.0 Å². The smallest absolute Gasteiger partial charge is 0.271 e. The van der Waals surface area contributed by atoms with Gasteiger partial charge in [0.15, 0.2) is 5.69 Å². The Labute approximate surface area is 219 Å². The van der Waals surface area contributed by atoms with Gasteiger partial charge >= 0.3 is 0 Å². The van der Waals surface area contributed by atoms with Crippen molar-refractivity contribution in [1.82, 2.24) is 20.0 Å². The lowest BCUT2D eigenvalue weighted by atomic mass is 10.1. The highest BCUT2D eigenvalue weighted by Crippen LogP contribution is 2.32. The van der Waals surface area contributed by atoms with Crippen molar-refractivity contribution in [1.29, 1.82) is 0 Å². The molecule has 1 aromatic heterocycles. The second-order valence-corrected chi connectivity index (χ2v) is 9.12. The summed E-state index contributed by atoms with van der Waals surface area (Å²) in [5, 5.41) is 11.1. The van der Waals surface area contributed by atoms with Crippen LogP contribution in [0.15, 0.2) is 48.5 Å². The van der Waals surface area contributed by atoms with Crippen LogP contribution in [0.25, 0.3) is 11.3 Å². The fraction of sp³-hybridized carbons (Fsp3) is 0.280. The second-order valence-electron chi connectivity index (χ2n) is 8.71. The summed E-state index contributed by atoms with van der Waals surface area (Å²) >= 11 is 6.16. The van der Waals surface area contributed by atoms with Crippen LogP contribution < -0.4 is 11.1 Å². The molecule has 0 unspecified atom stereocenters. The highest BCUT2D eigenvalue weighted by atomic mass is 35.5. The third-order valence-corrected chi connectivity index (χ3v) is 6.64. The van der Waals surface area contributed by atoms with Gasteiger partial charge in [0.1, 0.15) is 5.82 Å². The Morgan fingerprint density at radius 2 is 1.72 bits per heavy atom. The van der Waals surface area contributed by atoms with E-state index in [2.05, 4.69) is 20.4 Å². The number of halogens is 3. The molecular formula is C25H25Cl2FN6O2. The minimum atomic E-state index is -0.789. The molecule has 188 valence electrons. The Morgan fingerprint density at radius 1 is 1.03 bits per heavy atom. The standard InChI is InChI=1S/C25H24ClFN6O2.ClH/c26-18-2-1-3-19(27)22(18)20-14-21(23(24(28)34)31-30-20)29-16-6-4-15(5-7-16)25(35)33-12-10-32(11-13-33)17-8-9-17;/h1-7,14,17H,8-13H2,(H2,28,34)(H,29,30);1H. The molecular weight excluding hydrogens is 506 g/mol. The van der Waals surface area contributed by atoms with Crippen LogP contribution in [-0.4, -0.2) is 64.0 Å². The first-order valence-electron chi connectivity index (χ1n) is 11.4. The number of hydrogen-bond donors (Lipinski definition) is 2. The number of rotatable bonds is 6. The molecule has 8 nitrogen and oxygen atoms in total. The Balaban J connectivity index is 0.00000304. The summed E-state index contributed by atoms with van der Waals surface area (Å²) in [4.78, 5) is 29.2. The van der Waals surface area contributed by atoms with Gasteiger partial charge < -0.3 is 16.0 Å². The molecule has 2 fully saturated rings. The lowest BCUT2D eigenvalue weighted by Crippen LogP contribution is -2.49. The van der Waals surface area contributed by atoms with Crippen molar-refractivity contribution in [2.45, 2.75) is 18.9 Å². The van der Waals surface area contributed by atoms with Gasteiger partial charge in [-0.3, -0.25) is 14.5 Å². The monoisotopic (exact) mass is 530 g/mol. The van der Waals surface area contributed by atoms with Crippen molar-refractivity contribution in [3.63, 3.8) is 0 Å². The van der Waals surface area contributed by atoms with Gasteiger partial charge in [0.2, 0.25) is 0 Å². The van der Waals surface area contributed by atoms with Gasteiger partial charge in [0, 0.05) is 43.5 Å². The number of hydrogen-bond acceptors (Lipinski definition) is 6. The molecule has 11 heteroatoms. The van der Waals surface area contributed by atoms with Gasteiger partial charge in [-0.15, -0.1) is 22.6 Å². The number of amides is 2. The number of piperazine rings is 1. The zero-order valence-electron chi connectivity index (χ0n) is 19.3. The van der Waals surface area contributed by atoms with Gasteiger partial charge in [-0.05, 0) is 55.3 Å². The molecule has 5 rings (SSSR count). The number of carbonyl (C=O) groups is 2. The van der Waals surface area contributed by atoms with E-state index >= 15 is 0 Å². The summed E-state index contributed by atoms with van der Waals surface area (Å²) in [7, 11) is 0. The average molecular weight is 531 g/mol. The maximum absolute atomic E-state index is 14.4. The third-order valence-electron chi connectivity index (χ3n) is 6.32. The molecule has 2 heterocycles. The molecule has 0 radical (unpaired) electrons. The molecule has 0 atom stereocenters. The minimum absolute atomic E-state index is 0. The van der Waals surface area contributed by atoms with Gasteiger partial charge in [-0.25, -0.2) is 4.39 Å². The normalized spacial score (nSPS) is 15.8. The molecule has 36 heavy (non-hydrogen) atoms. The number of benzene rings is 2. The van der Waals surface area contributed by atoms with Gasteiger partial charge in [0.25, 0.3) is 11.8 Å². The summed E-state index contributed by atoms with van der Waals surface area (Å²) in [6.07, 6.45) is 2.53. The maximum Gasteiger partial charge on any atom is 0.271 e. The van der Waals surface area contributed by atoms with Crippen LogP contribution in [0.5, 0.6) is 0 Å². The highest BCUT2D eigenvalue weighted by molar-refractivity contribution is 6.33. The topological polar surface area (TPSA) is 104 Å². The van der Waals surface area contributed by atoms with Crippen molar-refractivity contribution < 1.29 is 14.0 Å². The largest absolute Gasteiger partial charge is 0.364 e. The zero-order valence-corrected chi connectivity index (χ0v) is 20.9. The fourth-order valence-electron chi connectivity index (χ4n) is 4.30. The van der Waals surface area contributed by atoms with Crippen molar-refractivity contribution >= 4 is 47.2 Å². The number of nitrogens with zero attached hydrogens (tertiary/aromatic N) is 4. The van der Waals surface area contributed by atoms with Crippen molar-refractivity contribution in [3.05, 3.63) is 70.6 Å². The Bertz CT molecular complexity index is 1260. The van der Waals surface area contributed by atoms with E-state index in [9.17, 15) is 14.0 Å². The van der Waals surface area contributed by atoms with Crippen LogP contribution in [0.1, 0.15) is 33.7 Å². The van der Waals surface area contributed by atoms with Crippen LogP contribution in [0.2, 0.25) is 5.02 Å². The first-order chi connectivity index (χ1) is 16.9. The molecule has 3 aromatic rings. The second kappa shape index (κ2) is 10.8. The molecule has 1 aliphatic heterocycles. The van der Waals surface area contributed by atoms with Crippen LogP contribution in [0, 0.1) is 5.82 Å². The molecule has 1 aliphatic carbocycles. The van der Waals surface area contributed by atoms with E-state index in [1.807, 2.05) is 4.90 Å². The molecule has 0 spiro atoms. The van der Waals surface area contributed by atoms with Crippen molar-refractivity contribution in [2.24, 2.45) is 5.73 Å². The molecule has 3 N–H and O–H groups in total. The molecule has 0 bridgehead atoms.